The van der Waals surface area contributed by atoms with Crippen molar-refractivity contribution >= 4 is 11.8 Å². The lowest BCUT2D eigenvalue weighted by molar-refractivity contribution is -0.121. The van der Waals surface area contributed by atoms with E-state index in [1.54, 1.807) is 23.2 Å². The van der Waals surface area contributed by atoms with Crippen LogP contribution >= 0.6 is 0 Å². The number of aryl methyl sites for hydroxylation is 1. The third-order valence-corrected chi connectivity index (χ3v) is 5.43. The summed E-state index contributed by atoms with van der Waals surface area (Å²) in [6.45, 7) is 5.86. The summed E-state index contributed by atoms with van der Waals surface area (Å²) in [6, 6.07) is 6.01. The monoisotopic (exact) mass is 427 g/mol. The number of halogens is 1. The molecule has 0 radical (unpaired) electrons. The maximum atomic E-state index is 13.0. The van der Waals surface area contributed by atoms with E-state index in [0.29, 0.717) is 19.6 Å². The molecule has 1 aromatic carbocycles. The largest absolute Gasteiger partial charge is 0.352 e. The Hall–Kier alpha value is -2.87. The first-order valence-electron chi connectivity index (χ1n) is 10.8. The molecule has 0 unspecified atom stereocenters. The molecule has 2 heterocycles. The van der Waals surface area contributed by atoms with Crippen molar-refractivity contribution in [2.75, 3.05) is 32.7 Å². The fourth-order valence-corrected chi connectivity index (χ4v) is 3.55. The number of hydrogen-bond acceptors (Lipinski definition) is 5. The van der Waals surface area contributed by atoms with Gasteiger partial charge in [0.05, 0.1) is 11.9 Å². The first-order valence-corrected chi connectivity index (χ1v) is 10.8. The zero-order valence-electron chi connectivity index (χ0n) is 18.0. The second kappa shape index (κ2) is 11.5. The highest BCUT2D eigenvalue weighted by molar-refractivity contribution is 5.92. The lowest BCUT2D eigenvalue weighted by Crippen LogP contribution is -2.42. The molecule has 166 valence electrons. The maximum absolute atomic E-state index is 13.0. The molecule has 7 nitrogen and oxygen atoms in total. The molecule has 1 aliphatic heterocycles. The lowest BCUT2D eigenvalue weighted by atomic mass is 10.1. The number of amides is 2. The smallest absolute Gasteiger partial charge is 0.274 e. The molecule has 8 heteroatoms. The molecule has 1 aromatic heterocycles. The Morgan fingerprint density at radius 3 is 2.48 bits per heavy atom. The van der Waals surface area contributed by atoms with Gasteiger partial charge in [0.25, 0.3) is 5.91 Å². The SMILES string of the molecule is Cc1cnc(C(=O)N(CCC(=O)NCc2ccc(F)cc2)CCN2CCCCC2)cn1. The van der Waals surface area contributed by atoms with Gasteiger partial charge >= 0.3 is 0 Å². The number of benzene rings is 1. The van der Waals surface area contributed by atoms with Crippen LogP contribution in [0.4, 0.5) is 4.39 Å². The number of nitrogens with one attached hydrogen (secondary N) is 1. The number of nitrogens with zero attached hydrogens (tertiary/aromatic N) is 4. The van der Waals surface area contributed by atoms with Gasteiger partial charge in [-0.25, -0.2) is 9.37 Å². The standard InChI is InChI=1S/C23H30FN5O2/c1-18-15-26-21(17-25-18)23(31)29(14-13-28-10-3-2-4-11-28)12-9-22(30)27-16-19-5-7-20(24)8-6-19/h5-8,15,17H,2-4,9-14,16H2,1H3,(H,27,30). The van der Waals surface area contributed by atoms with Crippen LogP contribution in [0.5, 0.6) is 0 Å². The molecular formula is C23H30FN5O2. The topological polar surface area (TPSA) is 78.4 Å². The van der Waals surface area contributed by atoms with Gasteiger partial charge in [0.2, 0.25) is 5.91 Å². The molecule has 0 spiro atoms. The summed E-state index contributed by atoms with van der Waals surface area (Å²) in [5, 5.41) is 2.83. The average molecular weight is 428 g/mol. The first kappa shape index (κ1) is 22.8. The van der Waals surface area contributed by atoms with E-state index in [4.69, 9.17) is 0 Å². The van der Waals surface area contributed by atoms with Crippen LogP contribution in [0.25, 0.3) is 0 Å². The molecule has 3 rings (SSSR count). The number of aromatic nitrogens is 2. The molecule has 31 heavy (non-hydrogen) atoms. The fourth-order valence-electron chi connectivity index (χ4n) is 3.55. The Labute approximate surface area is 182 Å². The van der Waals surface area contributed by atoms with E-state index < -0.39 is 0 Å². The predicted molar refractivity (Wildman–Crippen MR) is 116 cm³/mol. The summed E-state index contributed by atoms with van der Waals surface area (Å²) in [7, 11) is 0. The van der Waals surface area contributed by atoms with Crippen molar-refractivity contribution in [1.29, 1.82) is 0 Å². The molecule has 1 saturated heterocycles. The van der Waals surface area contributed by atoms with Gasteiger partial charge in [-0.2, -0.15) is 0 Å². The molecule has 1 aliphatic rings. The summed E-state index contributed by atoms with van der Waals surface area (Å²) in [5.74, 6) is -0.678. The van der Waals surface area contributed by atoms with Crippen molar-refractivity contribution < 1.29 is 14.0 Å². The fraction of sp³-hybridized carbons (Fsp3) is 0.478. The molecule has 0 aliphatic carbocycles. The van der Waals surface area contributed by atoms with Crippen LogP contribution in [-0.4, -0.2) is 64.3 Å². The van der Waals surface area contributed by atoms with E-state index in [2.05, 4.69) is 20.2 Å². The van der Waals surface area contributed by atoms with Gasteiger partial charge in [0.1, 0.15) is 11.5 Å². The number of likely N-dealkylation sites (tertiary alicyclic amines) is 1. The van der Waals surface area contributed by atoms with Crippen LogP contribution in [0.15, 0.2) is 36.7 Å². The Morgan fingerprint density at radius 2 is 1.81 bits per heavy atom. The highest BCUT2D eigenvalue weighted by atomic mass is 19.1. The van der Waals surface area contributed by atoms with Crippen LogP contribution in [0, 0.1) is 12.7 Å². The molecule has 0 atom stereocenters. The van der Waals surface area contributed by atoms with Crippen molar-refractivity contribution in [1.82, 2.24) is 25.1 Å². The average Bonchev–Trinajstić information content (AvgIpc) is 2.79. The molecule has 0 bridgehead atoms. The number of hydrogen-bond donors (Lipinski definition) is 1. The van der Waals surface area contributed by atoms with Crippen molar-refractivity contribution in [3.05, 3.63) is 59.4 Å². The van der Waals surface area contributed by atoms with Crippen LogP contribution in [0.1, 0.15) is 47.4 Å². The maximum Gasteiger partial charge on any atom is 0.274 e. The number of rotatable bonds is 9. The molecule has 1 N–H and O–H groups in total. The van der Waals surface area contributed by atoms with Gasteiger partial charge in [-0.05, 0) is 50.6 Å². The Balaban J connectivity index is 1.55. The Kier molecular flexibility index (Phi) is 8.46. The highest BCUT2D eigenvalue weighted by Crippen LogP contribution is 2.10. The van der Waals surface area contributed by atoms with E-state index in [1.807, 2.05) is 6.92 Å². The summed E-state index contributed by atoms with van der Waals surface area (Å²) in [5.41, 5.74) is 1.86. The second-order valence-corrected chi connectivity index (χ2v) is 7.89. The van der Waals surface area contributed by atoms with Gasteiger partial charge < -0.3 is 15.1 Å². The quantitative estimate of drug-likeness (QED) is 0.666. The zero-order valence-corrected chi connectivity index (χ0v) is 18.0. The van der Waals surface area contributed by atoms with Crippen molar-refractivity contribution in [3.63, 3.8) is 0 Å². The van der Waals surface area contributed by atoms with E-state index in [0.717, 1.165) is 30.9 Å². The van der Waals surface area contributed by atoms with E-state index >= 15 is 0 Å². The van der Waals surface area contributed by atoms with Crippen molar-refractivity contribution in [2.45, 2.75) is 39.2 Å². The van der Waals surface area contributed by atoms with Gasteiger partial charge in [0.15, 0.2) is 0 Å². The van der Waals surface area contributed by atoms with E-state index in [9.17, 15) is 14.0 Å². The minimum atomic E-state index is -0.308. The van der Waals surface area contributed by atoms with Crippen LogP contribution in [0.3, 0.4) is 0 Å². The van der Waals surface area contributed by atoms with Crippen LogP contribution in [-0.2, 0) is 11.3 Å². The van der Waals surface area contributed by atoms with Gasteiger partial charge in [-0.1, -0.05) is 18.6 Å². The summed E-state index contributed by atoms with van der Waals surface area (Å²) >= 11 is 0. The molecule has 2 amide bonds. The Morgan fingerprint density at radius 1 is 1.06 bits per heavy atom. The third kappa shape index (κ3) is 7.40. The number of piperidine rings is 1. The van der Waals surface area contributed by atoms with Crippen molar-refractivity contribution in [3.8, 4) is 0 Å². The molecular weight excluding hydrogens is 397 g/mol. The van der Waals surface area contributed by atoms with Crippen LogP contribution in [0.2, 0.25) is 0 Å². The first-order chi connectivity index (χ1) is 15.0. The van der Waals surface area contributed by atoms with E-state index in [1.165, 1.54) is 37.6 Å². The van der Waals surface area contributed by atoms with Gasteiger partial charge in [0, 0.05) is 38.8 Å². The molecule has 2 aromatic rings. The summed E-state index contributed by atoms with van der Waals surface area (Å²) in [6.07, 6.45) is 6.87. The highest BCUT2D eigenvalue weighted by Gasteiger charge is 2.20. The number of carbonyl (C=O) groups excluding carboxylic acids is 2. The van der Waals surface area contributed by atoms with Crippen molar-refractivity contribution in [2.24, 2.45) is 0 Å². The predicted octanol–water partition coefficient (Wildman–Crippen LogP) is 2.56. The minimum absolute atomic E-state index is 0.157. The normalized spacial score (nSPS) is 14.3. The third-order valence-electron chi connectivity index (χ3n) is 5.43. The van der Waals surface area contributed by atoms with Gasteiger partial charge in [-0.15, -0.1) is 0 Å². The summed E-state index contributed by atoms with van der Waals surface area (Å²) in [4.78, 5) is 37.7. The number of carbonyl (C=O) groups is 2. The lowest BCUT2D eigenvalue weighted by Gasteiger charge is -2.30. The van der Waals surface area contributed by atoms with Gasteiger partial charge in [-0.3, -0.25) is 14.6 Å². The second-order valence-electron chi connectivity index (χ2n) is 7.89. The molecule has 1 fully saturated rings. The summed E-state index contributed by atoms with van der Waals surface area (Å²) < 4.78 is 13.0. The van der Waals surface area contributed by atoms with E-state index in [-0.39, 0.29) is 29.7 Å². The minimum Gasteiger partial charge on any atom is -0.352 e. The molecule has 0 saturated carbocycles. The van der Waals surface area contributed by atoms with Crippen LogP contribution < -0.4 is 5.32 Å². The Bertz CT molecular complexity index is 851. The zero-order chi connectivity index (χ0) is 22.1.